The van der Waals surface area contributed by atoms with E-state index in [0.717, 1.165) is 12.0 Å². The first-order valence-electron chi connectivity index (χ1n) is 8.06. The van der Waals surface area contributed by atoms with Crippen LogP contribution in [0.15, 0.2) is 36.5 Å². The van der Waals surface area contributed by atoms with Crippen molar-refractivity contribution in [3.8, 4) is 0 Å². The molecule has 1 heterocycles. The Bertz CT molecular complexity index is 725. The average Bonchev–Trinajstić information content (AvgIpc) is 2.97. The van der Waals surface area contributed by atoms with Gasteiger partial charge in [-0.3, -0.25) is 4.79 Å². The minimum atomic E-state index is -0.449. The van der Waals surface area contributed by atoms with Gasteiger partial charge in [0.15, 0.2) is 0 Å². The van der Waals surface area contributed by atoms with Crippen LogP contribution >= 0.6 is 11.6 Å². The summed E-state index contributed by atoms with van der Waals surface area (Å²) in [6.07, 6.45) is 3.34. The molecule has 0 unspecified atom stereocenters. The van der Waals surface area contributed by atoms with Gasteiger partial charge in [0, 0.05) is 24.3 Å². The number of aromatic nitrogens is 1. The number of halogens is 1. The predicted octanol–water partition coefficient (Wildman–Crippen LogP) is 3.01. The van der Waals surface area contributed by atoms with E-state index in [4.69, 9.17) is 21.1 Å². The van der Waals surface area contributed by atoms with Gasteiger partial charge in [-0.1, -0.05) is 30.3 Å². The Morgan fingerprint density at radius 2 is 1.80 bits per heavy atom. The third-order valence-corrected chi connectivity index (χ3v) is 4.22. The summed E-state index contributed by atoms with van der Waals surface area (Å²) in [5.74, 6) is -0.481. The summed E-state index contributed by atoms with van der Waals surface area (Å²) in [6, 6.07) is 10.0. The number of rotatable bonds is 8. The summed E-state index contributed by atoms with van der Waals surface area (Å²) in [6.45, 7) is 0.503. The van der Waals surface area contributed by atoms with Gasteiger partial charge in [0.25, 0.3) is 0 Å². The molecule has 25 heavy (non-hydrogen) atoms. The second kappa shape index (κ2) is 9.28. The maximum Gasteiger partial charge on any atom is 0.339 e. The average molecular weight is 364 g/mol. The van der Waals surface area contributed by atoms with Crippen LogP contribution in [0.2, 0.25) is 0 Å². The summed E-state index contributed by atoms with van der Waals surface area (Å²) in [7, 11) is 2.66. The predicted molar refractivity (Wildman–Crippen MR) is 96.1 cm³/mol. The summed E-state index contributed by atoms with van der Waals surface area (Å²) in [5.41, 5.74) is 3.05. The van der Waals surface area contributed by atoms with Crippen LogP contribution in [0, 0.1) is 0 Å². The summed E-state index contributed by atoms with van der Waals surface area (Å²) >= 11 is 5.87. The molecule has 1 aromatic carbocycles. The molecule has 0 saturated heterocycles. The van der Waals surface area contributed by atoms with E-state index in [9.17, 15) is 9.59 Å². The van der Waals surface area contributed by atoms with E-state index in [0.29, 0.717) is 30.1 Å². The van der Waals surface area contributed by atoms with Gasteiger partial charge in [-0.25, -0.2) is 4.79 Å². The molecule has 0 radical (unpaired) electrons. The molecule has 0 aliphatic carbocycles. The molecule has 0 atom stereocenters. The second-order valence-electron chi connectivity index (χ2n) is 5.59. The summed E-state index contributed by atoms with van der Waals surface area (Å²) in [4.78, 5) is 24.1. The SMILES string of the molecule is COC(=O)Cc1c(C(=O)OC)c(CCc2ccccc2)cn1CCCl. The molecular formula is C19H22ClNO4. The van der Waals surface area contributed by atoms with Crippen LogP contribution in [0.1, 0.15) is 27.2 Å². The Hall–Kier alpha value is -2.27. The fraction of sp³-hybridized carbons (Fsp3) is 0.368. The van der Waals surface area contributed by atoms with Gasteiger partial charge in [0.05, 0.1) is 26.2 Å². The number of ether oxygens (including phenoxy) is 2. The maximum absolute atomic E-state index is 12.3. The van der Waals surface area contributed by atoms with E-state index in [1.165, 1.54) is 19.8 Å². The van der Waals surface area contributed by atoms with Crippen molar-refractivity contribution in [2.24, 2.45) is 0 Å². The number of alkyl halides is 1. The zero-order chi connectivity index (χ0) is 18.2. The third kappa shape index (κ3) is 4.86. The molecule has 6 heteroatoms. The van der Waals surface area contributed by atoms with Gasteiger partial charge in [-0.2, -0.15) is 0 Å². The number of carbonyl (C=O) groups excluding carboxylic acids is 2. The first-order chi connectivity index (χ1) is 12.1. The van der Waals surface area contributed by atoms with E-state index in [2.05, 4.69) is 0 Å². The lowest BCUT2D eigenvalue weighted by molar-refractivity contribution is -0.139. The number of hydrogen-bond acceptors (Lipinski definition) is 4. The number of esters is 2. The lowest BCUT2D eigenvalue weighted by atomic mass is 10.0. The quantitative estimate of drug-likeness (QED) is 0.534. The zero-order valence-electron chi connectivity index (χ0n) is 14.5. The highest BCUT2D eigenvalue weighted by Gasteiger charge is 2.24. The minimum absolute atomic E-state index is 0.00313. The van der Waals surface area contributed by atoms with Gasteiger partial charge < -0.3 is 14.0 Å². The Morgan fingerprint density at radius 3 is 2.40 bits per heavy atom. The third-order valence-electron chi connectivity index (χ3n) is 4.05. The maximum atomic E-state index is 12.3. The number of nitrogens with zero attached hydrogens (tertiary/aromatic N) is 1. The molecule has 0 aliphatic rings. The molecule has 5 nitrogen and oxygen atoms in total. The normalized spacial score (nSPS) is 10.5. The first-order valence-corrected chi connectivity index (χ1v) is 8.60. The molecule has 0 aliphatic heterocycles. The molecule has 2 rings (SSSR count). The zero-order valence-corrected chi connectivity index (χ0v) is 15.2. The lowest BCUT2D eigenvalue weighted by Crippen LogP contribution is -2.15. The number of methoxy groups -OCH3 is 2. The topological polar surface area (TPSA) is 57.5 Å². The molecule has 134 valence electrons. The monoisotopic (exact) mass is 363 g/mol. The Kier molecular flexibility index (Phi) is 7.07. The Balaban J connectivity index is 2.37. The van der Waals surface area contributed by atoms with Crippen LogP contribution in [0.5, 0.6) is 0 Å². The van der Waals surface area contributed by atoms with Crippen LogP contribution in [-0.4, -0.2) is 36.6 Å². The van der Waals surface area contributed by atoms with Gasteiger partial charge >= 0.3 is 11.9 Å². The molecule has 1 aromatic heterocycles. The van der Waals surface area contributed by atoms with Crippen molar-refractivity contribution in [1.82, 2.24) is 4.57 Å². The summed E-state index contributed by atoms with van der Waals surface area (Å²) < 4.78 is 11.5. The Morgan fingerprint density at radius 1 is 1.08 bits per heavy atom. The van der Waals surface area contributed by atoms with Crippen LogP contribution < -0.4 is 0 Å². The first kappa shape index (κ1) is 19.1. The van der Waals surface area contributed by atoms with Gasteiger partial charge in [-0.15, -0.1) is 11.6 Å². The van der Waals surface area contributed by atoms with Crippen molar-refractivity contribution >= 4 is 23.5 Å². The van der Waals surface area contributed by atoms with E-state index >= 15 is 0 Å². The molecule has 0 spiro atoms. The largest absolute Gasteiger partial charge is 0.469 e. The molecule has 0 bridgehead atoms. The number of carbonyl (C=O) groups is 2. The van der Waals surface area contributed by atoms with Crippen molar-refractivity contribution in [1.29, 1.82) is 0 Å². The minimum Gasteiger partial charge on any atom is -0.469 e. The molecule has 2 aromatic rings. The van der Waals surface area contributed by atoms with Crippen molar-refractivity contribution < 1.29 is 19.1 Å². The highest BCUT2D eigenvalue weighted by molar-refractivity contribution is 6.17. The van der Waals surface area contributed by atoms with Crippen molar-refractivity contribution in [2.75, 3.05) is 20.1 Å². The van der Waals surface area contributed by atoms with Crippen molar-refractivity contribution in [2.45, 2.75) is 25.8 Å². The fourth-order valence-electron chi connectivity index (χ4n) is 2.81. The standard InChI is InChI=1S/C19H22ClNO4/c1-24-17(22)12-16-18(19(23)25-2)15(13-21(16)11-10-20)9-8-14-6-4-3-5-7-14/h3-7,13H,8-12H2,1-2H3. The van der Waals surface area contributed by atoms with Crippen LogP contribution in [0.4, 0.5) is 0 Å². The fourth-order valence-corrected chi connectivity index (χ4v) is 3.00. The number of benzene rings is 1. The van der Waals surface area contributed by atoms with E-state index < -0.39 is 11.9 Å². The van der Waals surface area contributed by atoms with E-state index in [1.54, 1.807) is 0 Å². The summed E-state index contributed by atoms with van der Waals surface area (Å²) in [5, 5.41) is 0. The van der Waals surface area contributed by atoms with Gasteiger partial charge in [-0.05, 0) is 24.0 Å². The lowest BCUT2D eigenvalue weighted by Gasteiger charge is -2.09. The van der Waals surface area contributed by atoms with Crippen LogP contribution in [-0.2, 0) is 40.1 Å². The highest BCUT2D eigenvalue weighted by Crippen LogP contribution is 2.22. The molecule has 0 saturated carbocycles. The van der Waals surface area contributed by atoms with E-state index in [1.807, 2.05) is 41.1 Å². The smallest absolute Gasteiger partial charge is 0.339 e. The molecule has 0 N–H and O–H groups in total. The number of hydrogen-bond donors (Lipinski definition) is 0. The second-order valence-corrected chi connectivity index (χ2v) is 5.97. The molecular weight excluding hydrogens is 342 g/mol. The van der Waals surface area contributed by atoms with Gasteiger partial charge in [0.2, 0.25) is 0 Å². The van der Waals surface area contributed by atoms with Crippen molar-refractivity contribution in [3.63, 3.8) is 0 Å². The molecule has 0 fully saturated rings. The highest BCUT2D eigenvalue weighted by atomic mass is 35.5. The van der Waals surface area contributed by atoms with Crippen LogP contribution in [0.25, 0.3) is 0 Å². The molecule has 0 amide bonds. The van der Waals surface area contributed by atoms with Gasteiger partial charge in [0.1, 0.15) is 0 Å². The van der Waals surface area contributed by atoms with Crippen molar-refractivity contribution in [3.05, 3.63) is 58.9 Å². The number of aryl methyl sites for hydroxylation is 3. The Labute approximate surface area is 152 Å². The van der Waals surface area contributed by atoms with E-state index in [-0.39, 0.29) is 6.42 Å². The van der Waals surface area contributed by atoms with Crippen LogP contribution in [0.3, 0.4) is 0 Å².